The average Bonchev–Trinajstić information content (AvgIpc) is 2.95. The molecule has 0 spiro atoms. The van der Waals surface area contributed by atoms with Crippen LogP contribution in [0.5, 0.6) is 0 Å². The first-order valence-electron chi connectivity index (χ1n) is 9.00. The van der Waals surface area contributed by atoms with E-state index in [1.165, 1.54) is 0 Å². The lowest BCUT2D eigenvalue weighted by molar-refractivity contribution is 0.0754. The third kappa shape index (κ3) is 4.90. The van der Waals surface area contributed by atoms with Gasteiger partial charge in [0.2, 0.25) is 5.95 Å². The minimum absolute atomic E-state index is 0.0539. The van der Waals surface area contributed by atoms with Gasteiger partial charge in [-0.3, -0.25) is 4.79 Å². The molecule has 1 fully saturated rings. The van der Waals surface area contributed by atoms with Crippen molar-refractivity contribution < 1.29 is 13.2 Å². The number of nitrogens with zero attached hydrogens (tertiary/aromatic N) is 4. The van der Waals surface area contributed by atoms with Gasteiger partial charge in [-0.05, 0) is 26.2 Å². The largest absolute Gasteiger partial charge is 0.339 e. The summed E-state index contributed by atoms with van der Waals surface area (Å²) in [5.74, 6) is 0.791. The van der Waals surface area contributed by atoms with Crippen molar-refractivity contribution in [2.75, 3.05) is 36.0 Å². The van der Waals surface area contributed by atoms with Crippen LogP contribution in [0.3, 0.4) is 0 Å². The predicted molar refractivity (Wildman–Crippen MR) is 98.6 cm³/mol. The second kappa shape index (κ2) is 8.60. The van der Waals surface area contributed by atoms with Gasteiger partial charge >= 0.3 is 0 Å². The van der Waals surface area contributed by atoms with Crippen LogP contribution in [0.1, 0.15) is 50.4 Å². The SMILES string of the molecule is CCCN(CCC)C(=O)c1cnc(N(CC)C2CCS(=O)(=O)C2)nc1. The topological polar surface area (TPSA) is 83.5 Å². The molecule has 0 bridgehead atoms. The van der Waals surface area contributed by atoms with Crippen LogP contribution in [0.15, 0.2) is 12.4 Å². The first kappa shape index (κ1) is 19.6. The van der Waals surface area contributed by atoms with Crippen LogP contribution in [-0.4, -0.2) is 66.4 Å². The summed E-state index contributed by atoms with van der Waals surface area (Å²) in [4.78, 5) is 25.0. The summed E-state index contributed by atoms with van der Waals surface area (Å²) in [5.41, 5.74) is 0.473. The van der Waals surface area contributed by atoms with E-state index < -0.39 is 9.84 Å². The Morgan fingerprint density at radius 1 is 1.16 bits per heavy atom. The molecule has 0 saturated carbocycles. The summed E-state index contributed by atoms with van der Waals surface area (Å²) in [6.07, 6.45) is 5.51. The van der Waals surface area contributed by atoms with E-state index in [0.29, 0.717) is 24.5 Å². The summed E-state index contributed by atoms with van der Waals surface area (Å²) < 4.78 is 23.4. The first-order chi connectivity index (χ1) is 11.9. The van der Waals surface area contributed by atoms with Crippen molar-refractivity contribution in [2.24, 2.45) is 0 Å². The number of amides is 1. The highest BCUT2D eigenvalue weighted by Gasteiger charge is 2.32. The zero-order valence-corrected chi connectivity index (χ0v) is 16.1. The van der Waals surface area contributed by atoms with Crippen LogP contribution in [0.2, 0.25) is 0 Å². The van der Waals surface area contributed by atoms with E-state index in [-0.39, 0.29) is 23.5 Å². The van der Waals surface area contributed by atoms with Gasteiger partial charge in [-0.1, -0.05) is 13.8 Å². The van der Waals surface area contributed by atoms with Gasteiger partial charge < -0.3 is 9.80 Å². The maximum Gasteiger partial charge on any atom is 0.256 e. The van der Waals surface area contributed by atoms with E-state index in [1.54, 1.807) is 12.4 Å². The lowest BCUT2D eigenvalue weighted by Crippen LogP contribution is -2.37. The average molecular weight is 369 g/mol. The lowest BCUT2D eigenvalue weighted by atomic mass is 10.2. The Balaban J connectivity index is 2.13. The zero-order valence-electron chi connectivity index (χ0n) is 15.3. The molecule has 8 heteroatoms. The number of hydrogen-bond donors (Lipinski definition) is 0. The summed E-state index contributed by atoms with van der Waals surface area (Å²) >= 11 is 0. The van der Waals surface area contributed by atoms with Gasteiger partial charge in [-0.25, -0.2) is 18.4 Å². The van der Waals surface area contributed by atoms with Gasteiger partial charge in [0.05, 0.1) is 17.1 Å². The monoisotopic (exact) mass is 368 g/mol. The van der Waals surface area contributed by atoms with Crippen LogP contribution in [-0.2, 0) is 9.84 Å². The number of sulfone groups is 1. The van der Waals surface area contributed by atoms with Gasteiger partial charge in [0.15, 0.2) is 9.84 Å². The Hall–Kier alpha value is -1.70. The summed E-state index contributed by atoms with van der Waals surface area (Å²) in [5, 5.41) is 0. The third-order valence-corrected chi connectivity index (χ3v) is 6.16. The van der Waals surface area contributed by atoms with E-state index >= 15 is 0 Å². The van der Waals surface area contributed by atoms with Crippen LogP contribution < -0.4 is 4.90 Å². The number of aromatic nitrogens is 2. The summed E-state index contributed by atoms with van der Waals surface area (Å²) in [6.45, 7) is 8.11. The summed E-state index contributed by atoms with van der Waals surface area (Å²) in [7, 11) is -2.96. The van der Waals surface area contributed by atoms with Crippen molar-refractivity contribution in [3.8, 4) is 0 Å². The van der Waals surface area contributed by atoms with E-state index in [0.717, 1.165) is 25.9 Å². The van der Waals surface area contributed by atoms with Crippen molar-refractivity contribution in [2.45, 2.75) is 46.1 Å². The Labute approximate surface area is 150 Å². The molecule has 25 heavy (non-hydrogen) atoms. The van der Waals surface area contributed by atoms with Gasteiger partial charge in [0, 0.05) is 38.1 Å². The van der Waals surface area contributed by atoms with Crippen molar-refractivity contribution >= 4 is 21.7 Å². The third-order valence-electron chi connectivity index (χ3n) is 4.41. The van der Waals surface area contributed by atoms with E-state index in [9.17, 15) is 13.2 Å². The highest BCUT2D eigenvalue weighted by Crippen LogP contribution is 2.21. The molecule has 1 aliphatic rings. The highest BCUT2D eigenvalue weighted by atomic mass is 32.2. The Bertz CT molecular complexity index is 670. The molecule has 1 aliphatic heterocycles. The van der Waals surface area contributed by atoms with Gasteiger partial charge in [-0.2, -0.15) is 0 Å². The highest BCUT2D eigenvalue weighted by molar-refractivity contribution is 7.91. The molecule has 0 aliphatic carbocycles. The molecule has 1 amide bonds. The molecule has 0 radical (unpaired) electrons. The molecular formula is C17H28N4O3S. The van der Waals surface area contributed by atoms with Crippen molar-refractivity contribution in [1.29, 1.82) is 0 Å². The minimum Gasteiger partial charge on any atom is -0.339 e. The molecular weight excluding hydrogens is 340 g/mol. The maximum absolute atomic E-state index is 12.6. The van der Waals surface area contributed by atoms with E-state index in [1.807, 2.05) is 30.6 Å². The number of carbonyl (C=O) groups is 1. The molecule has 140 valence electrons. The minimum atomic E-state index is -2.96. The van der Waals surface area contributed by atoms with Gasteiger partial charge in [0.1, 0.15) is 0 Å². The second-order valence-corrected chi connectivity index (χ2v) is 8.64. The fourth-order valence-corrected chi connectivity index (χ4v) is 4.93. The molecule has 1 unspecified atom stereocenters. The van der Waals surface area contributed by atoms with Crippen LogP contribution in [0, 0.1) is 0 Å². The van der Waals surface area contributed by atoms with Crippen LogP contribution >= 0.6 is 0 Å². The Morgan fingerprint density at radius 2 is 1.76 bits per heavy atom. The van der Waals surface area contributed by atoms with Gasteiger partial charge in [0.25, 0.3) is 5.91 Å². The van der Waals surface area contributed by atoms with E-state index in [2.05, 4.69) is 9.97 Å². The summed E-state index contributed by atoms with van der Waals surface area (Å²) in [6, 6.07) is -0.0896. The van der Waals surface area contributed by atoms with Crippen LogP contribution in [0.4, 0.5) is 5.95 Å². The molecule has 1 atom stereocenters. The molecule has 1 aromatic heterocycles. The van der Waals surface area contributed by atoms with Crippen LogP contribution in [0.25, 0.3) is 0 Å². The van der Waals surface area contributed by atoms with Gasteiger partial charge in [-0.15, -0.1) is 0 Å². The molecule has 1 aromatic rings. The lowest BCUT2D eigenvalue weighted by Gasteiger charge is -2.27. The molecule has 1 saturated heterocycles. The van der Waals surface area contributed by atoms with Crippen molar-refractivity contribution in [3.63, 3.8) is 0 Å². The normalized spacial score (nSPS) is 18.9. The number of rotatable bonds is 8. The van der Waals surface area contributed by atoms with Crippen molar-refractivity contribution in [3.05, 3.63) is 18.0 Å². The second-order valence-electron chi connectivity index (χ2n) is 6.41. The van der Waals surface area contributed by atoms with E-state index in [4.69, 9.17) is 0 Å². The predicted octanol–water partition coefficient (Wildman–Crippen LogP) is 1.75. The Morgan fingerprint density at radius 3 is 2.20 bits per heavy atom. The van der Waals surface area contributed by atoms with Crippen molar-refractivity contribution in [1.82, 2.24) is 14.9 Å². The molecule has 0 aromatic carbocycles. The fraction of sp³-hybridized carbons (Fsp3) is 0.706. The maximum atomic E-state index is 12.6. The quantitative estimate of drug-likeness (QED) is 0.695. The first-order valence-corrected chi connectivity index (χ1v) is 10.8. The molecule has 2 rings (SSSR count). The Kier molecular flexibility index (Phi) is 6.75. The number of hydrogen-bond acceptors (Lipinski definition) is 6. The number of carbonyl (C=O) groups excluding carboxylic acids is 1. The smallest absolute Gasteiger partial charge is 0.256 e. The molecule has 7 nitrogen and oxygen atoms in total. The zero-order chi connectivity index (χ0) is 18.4. The fourth-order valence-electron chi connectivity index (χ4n) is 3.20. The molecule has 0 N–H and O–H groups in total. The standard InChI is InChI=1S/C17H28N4O3S/c1-4-8-20(9-5-2)16(22)14-11-18-17(19-12-14)21(6-3)15-7-10-25(23,24)13-15/h11-12,15H,4-10,13H2,1-3H3. The molecule has 2 heterocycles. The number of anilines is 1.